The number of terminal acetylenes is 1. The first-order chi connectivity index (χ1) is 15.9. The van der Waals surface area contributed by atoms with Gasteiger partial charge in [0.15, 0.2) is 5.78 Å². The Morgan fingerprint density at radius 3 is 2.55 bits per heavy atom. The SMILES string of the molecule is C#Cc1ccc2c3c([nH]c2c1)C(C)(C)c1cc(N2CCN(C4CC4)CC2)c(CC)cc1C3=O. The second kappa shape index (κ2) is 7.23. The van der Waals surface area contributed by atoms with Gasteiger partial charge in [0.1, 0.15) is 0 Å². The molecule has 4 nitrogen and oxygen atoms in total. The largest absolute Gasteiger partial charge is 0.369 e. The van der Waals surface area contributed by atoms with Gasteiger partial charge in [0.2, 0.25) is 0 Å². The fourth-order valence-electron chi connectivity index (χ4n) is 5.94. The van der Waals surface area contributed by atoms with Crippen LogP contribution < -0.4 is 4.90 Å². The van der Waals surface area contributed by atoms with Crippen molar-refractivity contribution in [2.24, 2.45) is 0 Å². The summed E-state index contributed by atoms with van der Waals surface area (Å²) < 4.78 is 0. The lowest BCUT2D eigenvalue weighted by atomic mass is 9.70. The molecular weight excluding hydrogens is 406 g/mol. The molecule has 0 amide bonds. The lowest BCUT2D eigenvalue weighted by molar-refractivity contribution is 0.103. The number of fused-ring (bicyclic) bond motifs is 4. The van der Waals surface area contributed by atoms with Crippen LogP contribution in [-0.2, 0) is 11.8 Å². The van der Waals surface area contributed by atoms with Crippen LogP contribution in [-0.4, -0.2) is 47.9 Å². The number of rotatable bonds is 3. The third-order valence-electron chi connectivity index (χ3n) is 8.05. The maximum Gasteiger partial charge on any atom is 0.195 e. The quantitative estimate of drug-likeness (QED) is 0.595. The highest BCUT2D eigenvalue weighted by Gasteiger charge is 2.41. The van der Waals surface area contributed by atoms with E-state index in [1.807, 2.05) is 18.2 Å². The summed E-state index contributed by atoms with van der Waals surface area (Å²) >= 11 is 0. The van der Waals surface area contributed by atoms with Gasteiger partial charge >= 0.3 is 0 Å². The second-order valence-corrected chi connectivity index (χ2v) is 10.4. The number of piperazine rings is 1. The summed E-state index contributed by atoms with van der Waals surface area (Å²) in [5.74, 6) is 2.83. The Hall–Kier alpha value is -3.03. The van der Waals surface area contributed by atoms with E-state index in [4.69, 9.17) is 6.42 Å². The molecule has 2 fully saturated rings. The smallest absolute Gasteiger partial charge is 0.195 e. The molecule has 33 heavy (non-hydrogen) atoms. The summed E-state index contributed by atoms with van der Waals surface area (Å²) in [4.78, 5) is 22.6. The number of hydrogen-bond donors (Lipinski definition) is 1. The van der Waals surface area contributed by atoms with Crippen LogP contribution in [0.5, 0.6) is 0 Å². The summed E-state index contributed by atoms with van der Waals surface area (Å²) in [5, 5.41) is 0.964. The van der Waals surface area contributed by atoms with E-state index in [-0.39, 0.29) is 11.2 Å². The summed E-state index contributed by atoms with van der Waals surface area (Å²) in [5.41, 5.74) is 7.83. The zero-order valence-corrected chi connectivity index (χ0v) is 19.8. The van der Waals surface area contributed by atoms with E-state index in [0.29, 0.717) is 0 Å². The molecule has 1 saturated heterocycles. The van der Waals surface area contributed by atoms with E-state index in [1.54, 1.807) is 0 Å². The van der Waals surface area contributed by atoms with E-state index in [2.05, 4.69) is 53.6 Å². The van der Waals surface area contributed by atoms with E-state index in [0.717, 1.165) is 77.5 Å². The number of benzene rings is 2. The first-order valence-corrected chi connectivity index (χ1v) is 12.3. The van der Waals surface area contributed by atoms with Crippen molar-refractivity contribution in [1.82, 2.24) is 9.88 Å². The van der Waals surface area contributed by atoms with Gasteiger partial charge < -0.3 is 9.88 Å². The molecule has 1 aromatic heterocycles. The number of carbonyl (C=O) groups is 1. The van der Waals surface area contributed by atoms with Crippen molar-refractivity contribution in [1.29, 1.82) is 0 Å². The zero-order valence-electron chi connectivity index (χ0n) is 19.8. The lowest BCUT2D eigenvalue weighted by Crippen LogP contribution is -2.47. The Morgan fingerprint density at radius 2 is 1.88 bits per heavy atom. The molecule has 0 spiro atoms. The minimum Gasteiger partial charge on any atom is -0.369 e. The maximum absolute atomic E-state index is 13.8. The first kappa shape index (κ1) is 20.6. The number of nitrogens with zero attached hydrogens (tertiary/aromatic N) is 2. The molecule has 3 aromatic rings. The molecule has 1 aliphatic heterocycles. The number of H-pyrrole nitrogens is 1. The Bertz CT molecular complexity index is 1330. The summed E-state index contributed by atoms with van der Waals surface area (Å²) in [6.07, 6.45) is 9.28. The minimum atomic E-state index is -0.301. The highest BCUT2D eigenvalue weighted by atomic mass is 16.1. The molecule has 6 rings (SSSR count). The number of aromatic amines is 1. The number of hydrogen-bond acceptors (Lipinski definition) is 3. The average Bonchev–Trinajstić information content (AvgIpc) is 3.61. The number of aryl methyl sites for hydroxylation is 1. The fourth-order valence-corrected chi connectivity index (χ4v) is 5.94. The topological polar surface area (TPSA) is 39.3 Å². The molecule has 0 atom stereocenters. The van der Waals surface area contributed by atoms with E-state index < -0.39 is 0 Å². The molecule has 0 unspecified atom stereocenters. The Kier molecular flexibility index (Phi) is 4.51. The second-order valence-electron chi connectivity index (χ2n) is 10.4. The number of carbonyl (C=O) groups excluding carboxylic acids is 1. The third-order valence-corrected chi connectivity index (χ3v) is 8.05. The molecule has 4 heteroatoms. The third kappa shape index (κ3) is 3.06. The molecule has 2 heterocycles. The average molecular weight is 438 g/mol. The molecule has 1 N–H and O–H groups in total. The van der Waals surface area contributed by atoms with Crippen LogP contribution in [0.4, 0.5) is 5.69 Å². The van der Waals surface area contributed by atoms with Gasteiger partial charge in [-0.25, -0.2) is 0 Å². The molecule has 168 valence electrons. The van der Waals surface area contributed by atoms with Crippen LogP contribution in [0.3, 0.4) is 0 Å². The lowest BCUT2D eigenvalue weighted by Gasteiger charge is -2.39. The number of anilines is 1. The van der Waals surface area contributed by atoms with Crippen molar-refractivity contribution in [3.63, 3.8) is 0 Å². The Morgan fingerprint density at radius 1 is 1.12 bits per heavy atom. The molecule has 3 aliphatic rings. The van der Waals surface area contributed by atoms with Crippen LogP contribution in [0.25, 0.3) is 10.9 Å². The van der Waals surface area contributed by atoms with Gasteiger partial charge in [0.25, 0.3) is 0 Å². The summed E-state index contributed by atoms with van der Waals surface area (Å²) in [6.45, 7) is 11.0. The standard InChI is InChI=1S/C29H31N3O/c1-5-18-7-10-21-24(15-18)30-28-26(21)27(33)22-16-19(6-2)25(17-23(22)29(28,3)4)32-13-11-31(12-14-32)20-8-9-20/h1,7,10,15-17,20,30H,6,8-9,11-14H2,2-4H3. The highest BCUT2D eigenvalue weighted by Crippen LogP contribution is 2.46. The van der Waals surface area contributed by atoms with E-state index >= 15 is 0 Å². The van der Waals surface area contributed by atoms with E-state index in [1.165, 1.54) is 24.1 Å². The van der Waals surface area contributed by atoms with E-state index in [9.17, 15) is 4.79 Å². The van der Waals surface area contributed by atoms with Crippen LogP contribution in [0, 0.1) is 12.3 Å². The molecule has 1 saturated carbocycles. The zero-order chi connectivity index (χ0) is 22.9. The van der Waals surface area contributed by atoms with Crippen molar-refractivity contribution in [3.05, 3.63) is 63.8 Å². The van der Waals surface area contributed by atoms with Gasteiger partial charge in [-0.2, -0.15) is 0 Å². The van der Waals surface area contributed by atoms with Crippen molar-refractivity contribution < 1.29 is 4.79 Å². The van der Waals surface area contributed by atoms with Crippen LogP contribution in [0.1, 0.15) is 71.9 Å². The Balaban J connectivity index is 1.45. The van der Waals surface area contributed by atoms with Crippen molar-refractivity contribution in [2.75, 3.05) is 31.1 Å². The number of aromatic nitrogens is 1. The van der Waals surface area contributed by atoms with Gasteiger partial charge in [0.05, 0.1) is 5.56 Å². The number of nitrogens with one attached hydrogen (secondary N) is 1. The first-order valence-electron chi connectivity index (χ1n) is 12.3. The molecule has 2 aliphatic carbocycles. The van der Waals surface area contributed by atoms with Crippen LogP contribution >= 0.6 is 0 Å². The minimum absolute atomic E-state index is 0.124. The predicted octanol–water partition coefficient (Wildman–Crippen LogP) is 4.87. The molecule has 0 radical (unpaired) electrons. The number of ketones is 1. The van der Waals surface area contributed by atoms with Crippen LogP contribution in [0.15, 0.2) is 30.3 Å². The fraction of sp³-hybridized carbons (Fsp3) is 0.414. The summed E-state index contributed by atoms with van der Waals surface area (Å²) in [6, 6.07) is 11.2. The van der Waals surface area contributed by atoms with Crippen molar-refractivity contribution in [3.8, 4) is 12.3 Å². The highest BCUT2D eigenvalue weighted by molar-refractivity contribution is 6.20. The van der Waals surface area contributed by atoms with Gasteiger partial charge in [-0.05, 0) is 54.7 Å². The van der Waals surface area contributed by atoms with Crippen LogP contribution in [0.2, 0.25) is 0 Å². The van der Waals surface area contributed by atoms with Crippen molar-refractivity contribution >= 4 is 22.4 Å². The predicted molar refractivity (Wildman–Crippen MR) is 134 cm³/mol. The van der Waals surface area contributed by atoms with Gasteiger partial charge in [-0.1, -0.05) is 32.8 Å². The molecular formula is C29H31N3O. The summed E-state index contributed by atoms with van der Waals surface area (Å²) in [7, 11) is 0. The van der Waals surface area contributed by atoms with Gasteiger partial charge in [-0.3, -0.25) is 9.69 Å². The maximum atomic E-state index is 13.8. The Labute approximate surface area is 196 Å². The van der Waals surface area contributed by atoms with Gasteiger partial charge in [-0.15, -0.1) is 6.42 Å². The van der Waals surface area contributed by atoms with Gasteiger partial charge in [0, 0.05) is 71.0 Å². The normalized spacial score (nSPS) is 19.9. The molecule has 0 bridgehead atoms. The monoisotopic (exact) mass is 437 g/mol. The van der Waals surface area contributed by atoms with Crippen molar-refractivity contribution in [2.45, 2.75) is 51.5 Å². The molecule has 2 aromatic carbocycles.